The molecule has 0 atom stereocenters. The van der Waals surface area contributed by atoms with Gasteiger partial charge < -0.3 is 5.32 Å². The smallest absolute Gasteiger partial charge is 0.0683 e. The third-order valence-electron chi connectivity index (χ3n) is 2.77. The van der Waals surface area contributed by atoms with E-state index in [1.165, 1.54) is 5.56 Å². The van der Waals surface area contributed by atoms with Crippen molar-refractivity contribution >= 4 is 21.6 Å². The number of nitriles is 1. The zero-order valence-electron chi connectivity index (χ0n) is 10.7. The van der Waals surface area contributed by atoms with Gasteiger partial charge in [-0.2, -0.15) is 5.26 Å². The number of rotatable bonds is 5. The Labute approximate surface area is 112 Å². The number of nitrogens with one attached hydrogen (secondary N) is 1. The predicted molar refractivity (Wildman–Crippen MR) is 76.0 cm³/mol. The summed E-state index contributed by atoms with van der Waals surface area (Å²) in [6, 6.07) is 8.56. The molecule has 0 saturated carbocycles. The number of nitrogens with zero attached hydrogens (tertiary/aromatic N) is 1. The molecule has 0 bridgehead atoms. The Balaban J connectivity index is 2.37. The lowest BCUT2D eigenvalue weighted by molar-refractivity contribution is 0.441. The summed E-state index contributed by atoms with van der Waals surface area (Å²) in [4.78, 5) is 0. The molecule has 0 aliphatic carbocycles. The van der Waals surface area contributed by atoms with Crippen LogP contribution in [0.15, 0.2) is 22.7 Å². The van der Waals surface area contributed by atoms with Gasteiger partial charge in [0.15, 0.2) is 0 Å². The number of hydrogen-bond donors (Lipinski definition) is 1. The lowest BCUT2D eigenvalue weighted by atomic mass is 9.90. The standard InChI is InChI=1S/C14H19BrN2/c1-11-9-12(5-6-13(11)15)17-8-4-7-14(2,3)10-16/h5-6,9,17H,4,7-8H2,1-3H3. The van der Waals surface area contributed by atoms with E-state index in [0.717, 1.165) is 29.5 Å². The summed E-state index contributed by atoms with van der Waals surface area (Å²) in [5.41, 5.74) is 2.16. The molecule has 0 amide bonds. The summed E-state index contributed by atoms with van der Waals surface area (Å²) >= 11 is 3.48. The molecule has 0 aromatic heterocycles. The van der Waals surface area contributed by atoms with Crippen molar-refractivity contribution in [3.63, 3.8) is 0 Å². The highest BCUT2D eigenvalue weighted by molar-refractivity contribution is 9.10. The minimum atomic E-state index is -0.211. The molecule has 0 unspecified atom stereocenters. The van der Waals surface area contributed by atoms with Gasteiger partial charge in [-0.15, -0.1) is 0 Å². The minimum absolute atomic E-state index is 0.211. The fourth-order valence-electron chi connectivity index (χ4n) is 1.57. The molecule has 17 heavy (non-hydrogen) atoms. The van der Waals surface area contributed by atoms with Crippen LogP contribution in [-0.2, 0) is 0 Å². The number of anilines is 1. The minimum Gasteiger partial charge on any atom is -0.385 e. The highest BCUT2D eigenvalue weighted by Gasteiger charge is 2.15. The fourth-order valence-corrected chi connectivity index (χ4v) is 1.82. The predicted octanol–water partition coefficient (Wildman–Crippen LogP) is 4.50. The SMILES string of the molecule is Cc1cc(NCCCC(C)(C)C#N)ccc1Br. The lowest BCUT2D eigenvalue weighted by Crippen LogP contribution is -2.11. The summed E-state index contributed by atoms with van der Waals surface area (Å²) in [7, 11) is 0. The Morgan fingerprint density at radius 1 is 1.41 bits per heavy atom. The van der Waals surface area contributed by atoms with Crippen molar-refractivity contribution in [1.82, 2.24) is 0 Å². The molecule has 1 rings (SSSR count). The summed E-state index contributed by atoms with van der Waals surface area (Å²) in [5.74, 6) is 0. The van der Waals surface area contributed by atoms with Crippen LogP contribution in [0.25, 0.3) is 0 Å². The Kier molecular flexibility index (Phi) is 5.02. The quantitative estimate of drug-likeness (QED) is 0.812. The van der Waals surface area contributed by atoms with Crippen molar-refractivity contribution in [1.29, 1.82) is 5.26 Å². The van der Waals surface area contributed by atoms with E-state index in [-0.39, 0.29) is 5.41 Å². The van der Waals surface area contributed by atoms with Crippen LogP contribution in [0.3, 0.4) is 0 Å². The molecule has 0 aliphatic heterocycles. The van der Waals surface area contributed by atoms with Crippen LogP contribution in [0.1, 0.15) is 32.3 Å². The van der Waals surface area contributed by atoms with Crippen LogP contribution in [0.4, 0.5) is 5.69 Å². The van der Waals surface area contributed by atoms with Gasteiger partial charge in [0, 0.05) is 16.7 Å². The van der Waals surface area contributed by atoms with E-state index in [9.17, 15) is 0 Å². The van der Waals surface area contributed by atoms with E-state index in [0.29, 0.717) is 0 Å². The molecule has 3 heteroatoms. The third-order valence-corrected chi connectivity index (χ3v) is 3.66. The topological polar surface area (TPSA) is 35.8 Å². The van der Waals surface area contributed by atoms with Gasteiger partial charge in [0.1, 0.15) is 0 Å². The van der Waals surface area contributed by atoms with E-state index in [1.807, 2.05) is 13.8 Å². The average molecular weight is 295 g/mol. The Bertz CT molecular complexity index is 419. The van der Waals surface area contributed by atoms with Crippen molar-refractivity contribution in [3.8, 4) is 6.07 Å². The molecule has 0 heterocycles. The van der Waals surface area contributed by atoms with Gasteiger partial charge in [-0.05, 0) is 57.4 Å². The first-order chi connectivity index (χ1) is 7.94. The second kappa shape index (κ2) is 6.07. The van der Waals surface area contributed by atoms with E-state index in [1.54, 1.807) is 0 Å². The van der Waals surface area contributed by atoms with Crippen LogP contribution < -0.4 is 5.32 Å². The van der Waals surface area contributed by atoms with Crippen LogP contribution in [0.2, 0.25) is 0 Å². The Morgan fingerprint density at radius 2 is 2.12 bits per heavy atom. The summed E-state index contributed by atoms with van der Waals surface area (Å²) in [5, 5.41) is 12.3. The lowest BCUT2D eigenvalue weighted by Gasteiger charge is -2.15. The number of benzene rings is 1. The number of aryl methyl sites for hydroxylation is 1. The molecular weight excluding hydrogens is 276 g/mol. The molecule has 1 aromatic rings. The third kappa shape index (κ3) is 4.79. The summed E-state index contributed by atoms with van der Waals surface area (Å²) in [6.07, 6.45) is 1.93. The first kappa shape index (κ1) is 14.1. The Hall–Kier alpha value is -1.01. The summed E-state index contributed by atoms with van der Waals surface area (Å²) in [6.45, 7) is 6.95. The molecule has 1 N–H and O–H groups in total. The van der Waals surface area contributed by atoms with Gasteiger partial charge >= 0.3 is 0 Å². The zero-order valence-corrected chi connectivity index (χ0v) is 12.3. The molecule has 1 aromatic carbocycles. The molecule has 0 saturated heterocycles. The Morgan fingerprint density at radius 3 is 2.71 bits per heavy atom. The molecule has 0 radical (unpaired) electrons. The van der Waals surface area contributed by atoms with E-state index in [4.69, 9.17) is 5.26 Å². The largest absolute Gasteiger partial charge is 0.385 e. The maximum Gasteiger partial charge on any atom is 0.0683 e. The fraction of sp³-hybridized carbons (Fsp3) is 0.500. The van der Waals surface area contributed by atoms with Gasteiger partial charge in [-0.3, -0.25) is 0 Å². The van der Waals surface area contributed by atoms with E-state index < -0.39 is 0 Å². The first-order valence-electron chi connectivity index (χ1n) is 5.86. The molecule has 2 nitrogen and oxygen atoms in total. The van der Waals surface area contributed by atoms with Crippen molar-refractivity contribution < 1.29 is 0 Å². The second-order valence-corrected chi connectivity index (χ2v) is 5.84. The monoisotopic (exact) mass is 294 g/mol. The molecule has 0 spiro atoms. The van der Waals surface area contributed by atoms with Crippen LogP contribution >= 0.6 is 15.9 Å². The highest BCUT2D eigenvalue weighted by atomic mass is 79.9. The van der Waals surface area contributed by atoms with E-state index >= 15 is 0 Å². The van der Waals surface area contributed by atoms with Crippen LogP contribution in [0, 0.1) is 23.7 Å². The van der Waals surface area contributed by atoms with Crippen molar-refractivity contribution in [2.45, 2.75) is 33.6 Å². The second-order valence-electron chi connectivity index (χ2n) is 4.99. The highest BCUT2D eigenvalue weighted by Crippen LogP contribution is 2.22. The number of hydrogen-bond acceptors (Lipinski definition) is 2. The first-order valence-corrected chi connectivity index (χ1v) is 6.65. The van der Waals surface area contributed by atoms with E-state index in [2.05, 4.69) is 52.4 Å². The van der Waals surface area contributed by atoms with Gasteiger partial charge in [0.25, 0.3) is 0 Å². The normalized spacial score (nSPS) is 11.0. The van der Waals surface area contributed by atoms with Gasteiger partial charge in [-0.25, -0.2) is 0 Å². The van der Waals surface area contributed by atoms with Crippen molar-refractivity contribution in [2.24, 2.45) is 5.41 Å². The number of halogens is 1. The van der Waals surface area contributed by atoms with Crippen LogP contribution in [-0.4, -0.2) is 6.54 Å². The summed E-state index contributed by atoms with van der Waals surface area (Å²) < 4.78 is 1.13. The maximum atomic E-state index is 8.90. The maximum absolute atomic E-state index is 8.90. The van der Waals surface area contributed by atoms with Gasteiger partial charge in [-0.1, -0.05) is 15.9 Å². The van der Waals surface area contributed by atoms with Crippen LogP contribution in [0.5, 0.6) is 0 Å². The molecular formula is C14H19BrN2. The van der Waals surface area contributed by atoms with Gasteiger partial charge in [0.2, 0.25) is 0 Å². The van der Waals surface area contributed by atoms with Gasteiger partial charge in [0.05, 0.1) is 11.5 Å². The zero-order chi connectivity index (χ0) is 12.9. The van der Waals surface area contributed by atoms with Crippen molar-refractivity contribution in [2.75, 3.05) is 11.9 Å². The molecule has 0 fully saturated rings. The average Bonchev–Trinajstić information content (AvgIpc) is 2.29. The molecule has 0 aliphatic rings. The molecule has 92 valence electrons. The van der Waals surface area contributed by atoms with Crippen molar-refractivity contribution in [3.05, 3.63) is 28.2 Å².